The highest BCUT2D eigenvalue weighted by Crippen LogP contribution is 2.27. The maximum atomic E-state index is 13.2. The molecule has 2 rings (SSSR count). The average molecular weight is 198 g/mol. The van der Waals surface area contributed by atoms with Gasteiger partial charge in [-0.3, -0.25) is 5.10 Å². The van der Waals surface area contributed by atoms with Crippen molar-refractivity contribution in [1.29, 1.82) is 0 Å². The van der Waals surface area contributed by atoms with Crippen LogP contribution in [-0.2, 0) is 0 Å². The van der Waals surface area contributed by atoms with Crippen LogP contribution in [-0.4, -0.2) is 15.2 Å². The average Bonchev–Trinajstić information content (AvgIpc) is 2.62. The van der Waals surface area contributed by atoms with E-state index in [9.17, 15) is 4.39 Å². The van der Waals surface area contributed by atoms with Crippen molar-refractivity contribution in [3.8, 4) is 10.6 Å². The number of hydrogen-bond acceptors (Lipinski definition) is 4. The van der Waals surface area contributed by atoms with E-state index >= 15 is 0 Å². The Balaban J connectivity index is 2.52. The fourth-order valence-electron chi connectivity index (χ4n) is 0.983. The van der Waals surface area contributed by atoms with Crippen molar-refractivity contribution in [1.82, 2.24) is 15.2 Å². The molecule has 6 heteroatoms. The quantitative estimate of drug-likeness (QED) is 0.730. The molecule has 0 fully saturated rings. The molecule has 0 amide bonds. The summed E-state index contributed by atoms with van der Waals surface area (Å²) in [6.45, 7) is 1.85. The van der Waals surface area contributed by atoms with Gasteiger partial charge in [0.2, 0.25) is 0 Å². The van der Waals surface area contributed by atoms with Crippen molar-refractivity contribution in [2.75, 3.05) is 5.73 Å². The van der Waals surface area contributed by atoms with Crippen molar-refractivity contribution in [3.63, 3.8) is 0 Å². The molecule has 2 aromatic rings. The third-order valence-electron chi connectivity index (χ3n) is 1.60. The first-order valence-corrected chi connectivity index (χ1v) is 4.42. The van der Waals surface area contributed by atoms with E-state index in [2.05, 4.69) is 15.2 Å². The molecular weight excluding hydrogens is 191 g/mol. The van der Waals surface area contributed by atoms with Crippen molar-refractivity contribution < 1.29 is 4.39 Å². The van der Waals surface area contributed by atoms with Crippen LogP contribution in [0.15, 0.2) is 6.20 Å². The zero-order valence-corrected chi connectivity index (χ0v) is 7.65. The molecule has 0 spiro atoms. The van der Waals surface area contributed by atoms with E-state index in [1.807, 2.05) is 6.92 Å². The lowest BCUT2D eigenvalue weighted by atomic mass is 10.3. The number of nitrogens with one attached hydrogen (secondary N) is 1. The first kappa shape index (κ1) is 8.18. The Morgan fingerprint density at radius 1 is 1.62 bits per heavy atom. The molecule has 0 atom stereocenters. The molecule has 13 heavy (non-hydrogen) atoms. The summed E-state index contributed by atoms with van der Waals surface area (Å²) in [7, 11) is 0. The Morgan fingerprint density at radius 2 is 2.38 bits per heavy atom. The number of rotatable bonds is 1. The van der Waals surface area contributed by atoms with Crippen LogP contribution in [0.2, 0.25) is 0 Å². The van der Waals surface area contributed by atoms with E-state index in [1.54, 1.807) is 6.20 Å². The molecule has 2 heterocycles. The molecule has 0 unspecified atom stereocenters. The highest BCUT2D eigenvalue weighted by atomic mass is 32.1. The number of anilines is 1. The number of nitrogen functional groups attached to an aromatic ring is 1. The molecule has 0 aromatic carbocycles. The minimum absolute atomic E-state index is 0.110. The number of halogens is 1. The van der Waals surface area contributed by atoms with Gasteiger partial charge in [-0.25, -0.2) is 9.37 Å². The summed E-state index contributed by atoms with van der Waals surface area (Å²) in [5.74, 6) is -0.621. The van der Waals surface area contributed by atoms with E-state index in [-0.39, 0.29) is 5.82 Å². The number of nitrogens with zero attached hydrogens (tertiary/aromatic N) is 2. The summed E-state index contributed by atoms with van der Waals surface area (Å²) in [6.07, 6.45) is 1.59. The molecular formula is C7H7FN4S. The molecule has 4 nitrogen and oxygen atoms in total. The first-order valence-electron chi connectivity index (χ1n) is 3.60. The number of aryl methyl sites for hydroxylation is 1. The maximum absolute atomic E-state index is 13.2. The molecule has 3 N–H and O–H groups in total. The zero-order valence-electron chi connectivity index (χ0n) is 6.84. The van der Waals surface area contributed by atoms with Gasteiger partial charge in [0.15, 0.2) is 11.6 Å². The smallest absolute Gasteiger partial charge is 0.193 e. The van der Waals surface area contributed by atoms with Gasteiger partial charge in [-0.2, -0.15) is 5.10 Å². The topological polar surface area (TPSA) is 67.6 Å². The number of H-pyrrole nitrogens is 1. The highest BCUT2D eigenvalue weighted by molar-refractivity contribution is 7.15. The highest BCUT2D eigenvalue weighted by Gasteiger charge is 2.13. The minimum atomic E-state index is -0.511. The summed E-state index contributed by atoms with van der Waals surface area (Å²) < 4.78 is 13.2. The molecule has 68 valence electrons. The molecule has 0 aliphatic carbocycles. The Bertz CT molecular complexity index is 433. The lowest BCUT2D eigenvalue weighted by Gasteiger charge is -1.88. The normalized spacial score (nSPS) is 10.6. The first-order chi connectivity index (χ1) is 6.18. The Kier molecular flexibility index (Phi) is 1.77. The Hall–Kier alpha value is -1.43. The fraction of sp³-hybridized carbons (Fsp3) is 0.143. The van der Waals surface area contributed by atoms with Crippen LogP contribution in [0.3, 0.4) is 0 Å². The number of aromatic amines is 1. The summed E-state index contributed by atoms with van der Waals surface area (Å²) in [5.41, 5.74) is 5.56. The lowest BCUT2D eigenvalue weighted by Crippen LogP contribution is -1.86. The number of aromatic nitrogens is 3. The summed E-state index contributed by atoms with van der Waals surface area (Å²) in [4.78, 5) is 4.71. The molecule has 0 radical (unpaired) electrons. The third-order valence-corrected chi connectivity index (χ3v) is 2.53. The van der Waals surface area contributed by atoms with E-state index in [0.29, 0.717) is 10.6 Å². The van der Waals surface area contributed by atoms with Crippen molar-refractivity contribution in [2.24, 2.45) is 0 Å². The lowest BCUT2D eigenvalue weighted by molar-refractivity contribution is 0.637. The predicted octanol–water partition coefficient (Wildman–Crippen LogP) is 1.56. The fourth-order valence-corrected chi connectivity index (χ4v) is 1.75. The maximum Gasteiger partial charge on any atom is 0.193 e. The summed E-state index contributed by atoms with van der Waals surface area (Å²) in [6, 6.07) is 0. The van der Waals surface area contributed by atoms with Crippen LogP contribution >= 0.6 is 11.3 Å². The standard InChI is InChI=1S/C7H7FN4S/c1-3-10-2-4(13-3)6-5(8)7(9)12-11-6/h2H,1H3,(H3,9,11,12). The molecule has 0 saturated heterocycles. The zero-order chi connectivity index (χ0) is 9.42. The predicted molar refractivity (Wildman–Crippen MR) is 48.8 cm³/mol. The molecule has 0 saturated carbocycles. The van der Waals surface area contributed by atoms with E-state index in [0.717, 1.165) is 5.01 Å². The second-order valence-corrected chi connectivity index (χ2v) is 3.78. The van der Waals surface area contributed by atoms with Gasteiger partial charge in [0.1, 0.15) is 5.69 Å². The molecule has 0 aliphatic rings. The van der Waals surface area contributed by atoms with Crippen molar-refractivity contribution in [2.45, 2.75) is 6.92 Å². The van der Waals surface area contributed by atoms with Crippen LogP contribution < -0.4 is 5.73 Å². The van der Waals surface area contributed by atoms with E-state index in [1.165, 1.54) is 11.3 Å². The van der Waals surface area contributed by atoms with Gasteiger partial charge in [-0.05, 0) is 6.92 Å². The molecule has 0 bridgehead atoms. The van der Waals surface area contributed by atoms with Gasteiger partial charge < -0.3 is 5.73 Å². The number of hydrogen-bond donors (Lipinski definition) is 2. The summed E-state index contributed by atoms with van der Waals surface area (Å²) in [5, 5.41) is 6.96. The Labute approximate surface area is 77.6 Å². The second kappa shape index (κ2) is 2.81. The van der Waals surface area contributed by atoms with Crippen LogP contribution in [0.25, 0.3) is 10.6 Å². The van der Waals surface area contributed by atoms with Gasteiger partial charge in [0.05, 0.1) is 9.88 Å². The van der Waals surface area contributed by atoms with Crippen LogP contribution in [0.5, 0.6) is 0 Å². The van der Waals surface area contributed by atoms with Gasteiger partial charge >= 0.3 is 0 Å². The minimum Gasteiger partial charge on any atom is -0.380 e. The van der Waals surface area contributed by atoms with E-state index in [4.69, 9.17) is 5.73 Å². The van der Waals surface area contributed by atoms with Gasteiger partial charge in [0, 0.05) is 6.20 Å². The molecule has 0 aliphatic heterocycles. The van der Waals surface area contributed by atoms with Crippen LogP contribution in [0.1, 0.15) is 5.01 Å². The van der Waals surface area contributed by atoms with E-state index < -0.39 is 5.82 Å². The SMILES string of the molecule is Cc1ncc(-c2[nH]nc(N)c2F)s1. The molecule has 2 aromatic heterocycles. The Morgan fingerprint density at radius 3 is 2.85 bits per heavy atom. The summed E-state index contributed by atoms with van der Waals surface area (Å²) >= 11 is 1.39. The van der Waals surface area contributed by atoms with Gasteiger partial charge in [0.25, 0.3) is 0 Å². The van der Waals surface area contributed by atoms with Crippen LogP contribution in [0, 0.1) is 12.7 Å². The second-order valence-electron chi connectivity index (χ2n) is 2.54. The van der Waals surface area contributed by atoms with Crippen LogP contribution in [0.4, 0.5) is 10.2 Å². The van der Waals surface area contributed by atoms with Gasteiger partial charge in [-0.15, -0.1) is 11.3 Å². The third kappa shape index (κ3) is 1.29. The van der Waals surface area contributed by atoms with Crippen molar-refractivity contribution >= 4 is 17.2 Å². The number of nitrogens with two attached hydrogens (primary N) is 1. The van der Waals surface area contributed by atoms with Gasteiger partial charge in [-0.1, -0.05) is 0 Å². The number of thiazole rings is 1. The monoisotopic (exact) mass is 198 g/mol. The van der Waals surface area contributed by atoms with Crippen molar-refractivity contribution in [3.05, 3.63) is 17.0 Å². The largest absolute Gasteiger partial charge is 0.380 e.